The Morgan fingerprint density at radius 2 is 2.09 bits per heavy atom. The largest absolute Gasteiger partial charge is 0.331 e. The molecule has 7 nitrogen and oxygen atoms in total. The van der Waals surface area contributed by atoms with Crippen LogP contribution in [0.4, 0.5) is 19.0 Å². The van der Waals surface area contributed by atoms with Crippen molar-refractivity contribution < 1.29 is 27.9 Å². The predicted molar refractivity (Wildman–Crippen MR) is 119 cm³/mol. The molecule has 0 saturated carbocycles. The second-order valence-electron chi connectivity index (χ2n) is 8.38. The number of nitrogens with one attached hydrogen (secondary N) is 1. The number of anilines is 1. The van der Waals surface area contributed by atoms with E-state index in [0.29, 0.717) is 16.9 Å². The van der Waals surface area contributed by atoms with Crippen molar-refractivity contribution >= 4 is 23.3 Å². The molecule has 34 heavy (non-hydrogen) atoms. The van der Waals surface area contributed by atoms with Crippen LogP contribution in [0.5, 0.6) is 0 Å². The van der Waals surface area contributed by atoms with Crippen LogP contribution in [0.2, 0.25) is 5.02 Å². The molecule has 0 spiro atoms. The summed E-state index contributed by atoms with van der Waals surface area (Å²) in [5.41, 5.74) is 0.959. The van der Waals surface area contributed by atoms with Crippen LogP contribution in [0, 0.1) is 5.82 Å². The van der Waals surface area contributed by atoms with Crippen molar-refractivity contribution in [1.82, 2.24) is 14.5 Å². The Bertz CT molecular complexity index is 1170. The maximum absolute atomic E-state index is 14.6. The van der Waals surface area contributed by atoms with Gasteiger partial charge in [-0.25, -0.2) is 18.2 Å². The van der Waals surface area contributed by atoms with Crippen LogP contribution in [-0.4, -0.2) is 50.6 Å². The van der Waals surface area contributed by atoms with Crippen molar-refractivity contribution in [1.29, 1.82) is 0 Å². The molecule has 1 saturated heterocycles. The van der Waals surface area contributed by atoms with E-state index >= 15 is 0 Å². The summed E-state index contributed by atoms with van der Waals surface area (Å²) >= 11 is 5.99. The quantitative estimate of drug-likeness (QED) is 0.405. The molecule has 1 aliphatic rings. The molecule has 2 aromatic heterocycles. The van der Waals surface area contributed by atoms with Crippen LogP contribution in [0.25, 0.3) is 0 Å². The second kappa shape index (κ2) is 9.63. The maximum atomic E-state index is 14.6. The summed E-state index contributed by atoms with van der Waals surface area (Å²) in [7, 11) is 0. The molecule has 0 bridgehead atoms. The number of aromatic nitrogens is 3. The van der Waals surface area contributed by atoms with E-state index in [4.69, 9.17) is 11.6 Å². The van der Waals surface area contributed by atoms with Gasteiger partial charge in [0, 0.05) is 42.6 Å². The molecule has 2 atom stereocenters. The lowest BCUT2D eigenvalue weighted by atomic mass is 9.87. The van der Waals surface area contributed by atoms with Crippen LogP contribution in [0.1, 0.15) is 30.4 Å². The lowest BCUT2D eigenvalue weighted by Crippen LogP contribution is -2.52. The number of amides is 1. The van der Waals surface area contributed by atoms with Crippen LogP contribution in [-0.2, 0) is 11.3 Å². The second-order valence-corrected chi connectivity index (χ2v) is 8.76. The highest BCUT2D eigenvalue weighted by atomic mass is 35.5. The average molecular weight is 495 g/mol. The highest BCUT2D eigenvalue weighted by Crippen LogP contribution is 2.40. The molecular formula is C23H24ClF3N5O2+. The Morgan fingerprint density at radius 3 is 2.82 bits per heavy atom. The summed E-state index contributed by atoms with van der Waals surface area (Å²) < 4.78 is 45.4. The number of alkyl halides is 2. The Balaban J connectivity index is 1.40. The summed E-state index contributed by atoms with van der Waals surface area (Å²) in [5.74, 6) is -4.63. The monoisotopic (exact) mass is 494 g/mol. The molecule has 1 aliphatic heterocycles. The summed E-state index contributed by atoms with van der Waals surface area (Å²) in [6.07, 6.45) is 5.29. The molecule has 3 aromatic rings. The molecule has 1 aromatic carbocycles. The van der Waals surface area contributed by atoms with Crippen LogP contribution < -0.4 is 10.0 Å². The number of imidazole rings is 1. The van der Waals surface area contributed by atoms with Gasteiger partial charge in [-0.3, -0.25) is 14.9 Å². The van der Waals surface area contributed by atoms with Gasteiger partial charge in [-0.15, -0.1) is 0 Å². The van der Waals surface area contributed by atoms with E-state index in [1.807, 2.05) is 0 Å². The first-order valence-corrected chi connectivity index (χ1v) is 11.1. The van der Waals surface area contributed by atoms with Gasteiger partial charge in [-0.2, -0.15) is 0 Å². The minimum atomic E-state index is -2.93. The SMILES string of the molecule is C[C@@H](C(=O)Nc1cn(Cc2cccc(F)c2Cl)cn1)N1CCC(F)(F)[C@@H](c2cc[n+](O)cc2)C1. The molecule has 1 fully saturated rings. The smallest absolute Gasteiger partial charge is 0.257 e. The highest BCUT2D eigenvalue weighted by molar-refractivity contribution is 6.31. The summed E-state index contributed by atoms with van der Waals surface area (Å²) in [5, 5.41) is 12.1. The van der Waals surface area contributed by atoms with Crippen molar-refractivity contribution in [2.24, 2.45) is 0 Å². The Hall–Kier alpha value is -3.11. The minimum Gasteiger partial charge on any atom is -0.331 e. The molecule has 4 rings (SSSR count). The third-order valence-electron chi connectivity index (χ3n) is 6.10. The summed E-state index contributed by atoms with van der Waals surface area (Å²) in [6, 6.07) is 6.75. The van der Waals surface area contributed by atoms with E-state index in [1.165, 1.54) is 36.9 Å². The number of hydrogen-bond donors (Lipinski definition) is 2. The fraction of sp³-hybridized carbons (Fsp3) is 0.348. The van der Waals surface area contributed by atoms with Crippen LogP contribution >= 0.6 is 11.6 Å². The summed E-state index contributed by atoms with van der Waals surface area (Å²) in [4.78, 5) is 18.7. The molecule has 0 unspecified atom stereocenters. The number of benzene rings is 1. The van der Waals surface area contributed by atoms with Crippen LogP contribution in [0.15, 0.2) is 55.2 Å². The Kier molecular flexibility index (Phi) is 6.81. The number of likely N-dealkylation sites (tertiary alicyclic amines) is 1. The molecule has 11 heteroatoms. The number of piperidine rings is 1. The molecule has 180 valence electrons. The zero-order valence-corrected chi connectivity index (χ0v) is 19.1. The predicted octanol–water partition coefficient (Wildman–Crippen LogP) is 3.70. The van der Waals surface area contributed by atoms with Gasteiger partial charge in [0.15, 0.2) is 5.82 Å². The van der Waals surface area contributed by atoms with Gasteiger partial charge in [-0.05, 0) is 24.1 Å². The fourth-order valence-electron chi connectivity index (χ4n) is 4.06. The molecule has 2 N–H and O–H groups in total. The van der Waals surface area contributed by atoms with Gasteiger partial charge < -0.3 is 9.88 Å². The lowest BCUT2D eigenvalue weighted by molar-refractivity contribution is -0.904. The fourth-order valence-corrected chi connectivity index (χ4v) is 4.25. The van der Waals surface area contributed by atoms with Crippen molar-refractivity contribution in [3.8, 4) is 0 Å². The van der Waals surface area contributed by atoms with Gasteiger partial charge >= 0.3 is 0 Å². The topological polar surface area (TPSA) is 74.3 Å². The lowest BCUT2D eigenvalue weighted by Gasteiger charge is -2.40. The number of nitrogens with zero attached hydrogens (tertiary/aromatic N) is 4. The Morgan fingerprint density at radius 1 is 1.35 bits per heavy atom. The van der Waals surface area contributed by atoms with Gasteiger partial charge in [0.2, 0.25) is 18.3 Å². The molecular weight excluding hydrogens is 471 g/mol. The molecule has 3 heterocycles. The van der Waals surface area contributed by atoms with E-state index in [1.54, 1.807) is 34.7 Å². The molecule has 0 radical (unpaired) electrons. The van der Waals surface area contributed by atoms with Gasteiger partial charge in [-0.1, -0.05) is 23.7 Å². The van der Waals surface area contributed by atoms with Crippen molar-refractivity contribution in [2.45, 2.75) is 37.8 Å². The number of carbonyl (C=O) groups is 1. The van der Waals surface area contributed by atoms with E-state index in [2.05, 4.69) is 10.3 Å². The molecule has 1 amide bonds. The summed E-state index contributed by atoms with van der Waals surface area (Å²) in [6.45, 7) is 1.98. The Labute approximate surface area is 199 Å². The third kappa shape index (κ3) is 5.18. The minimum absolute atomic E-state index is 0.0104. The number of halogens is 4. The van der Waals surface area contributed by atoms with E-state index in [9.17, 15) is 23.2 Å². The number of pyridine rings is 1. The van der Waals surface area contributed by atoms with E-state index < -0.39 is 23.7 Å². The van der Waals surface area contributed by atoms with Crippen LogP contribution in [0.3, 0.4) is 0 Å². The van der Waals surface area contributed by atoms with Gasteiger partial charge in [0.1, 0.15) is 5.82 Å². The van der Waals surface area contributed by atoms with E-state index in [-0.39, 0.29) is 37.0 Å². The first-order valence-electron chi connectivity index (χ1n) is 10.7. The standard InChI is InChI=1S/C23H23ClF3N5O2/c1-15(31-10-7-23(26,27)18(12-31)16-5-8-32(34)9-6-16)22(33)29-20-13-30(14-28-20)11-17-3-2-4-19(25)21(17)24/h2-6,8-9,13-15,18H,7,10-12H2,1H3,(H-,29,33,34)/p+1/t15-,18+/m0/s1. The zero-order valence-electron chi connectivity index (χ0n) is 18.3. The maximum Gasteiger partial charge on any atom is 0.257 e. The van der Waals surface area contributed by atoms with Gasteiger partial charge in [0.05, 0.1) is 29.9 Å². The third-order valence-corrected chi connectivity index (χ3v) is 6.52. The normalized spacial score (nSPS) is 19.0. The van der Waals surface area contributed by atoms with E-state index in [0.717, 1.165) is 4.73 Å². The zero-order chi connectivity index (χ0) is 24.5. The van der Waals surface area contributed by atoms with Crippen molar-refractivity contribution in [3.63, 3.8) is 0 Å². The number of hydrogen-bond acceptors (Lipinski definition) is 4. The average Bonchev–Trinajstić information content (AvgIpc) is 3.24. The number of rotatable bonds is 6. The first-order chi connectivity index (χ1) is 16.1. The van der Waals surface area contributed by atoms with Gasteiger partial charge in [0.25, 0.3) is 5.92 Å². The molecule has 0 aliphatic carbocycles. The number of carbonyl (C=O) groups excluding carboxylic acids is 1. The highest BCUT2D eigenvalue weighted by Gasteiger charge is 2.46. The first kappa shape index (κ1) is 24.0. The van der Waals surface area contributed by atoms with Crippen molar-refractivity contribution in [3.05, 3.63) is 77.2 Å². The van der Waals surface area contributed by atoms with Crippen molar-refractivity contribution in [2.75, 3.05) is 18.4 Å².